The maximum Gasteiger partial charge on any atom is 0.327 e. The fourth-order valence-corrected chi connectivity index (χ4v) is 5.31. The van der Waals surface area contributed by atoms with E-state index in [0.717, 1.165) is 69.7 Å². The Hall–Kier alpha value is -3.68. The number of fused-ring (bicyclic) bond motifs is 1. The zero-order chi connectivity index (χ0) is 30.6. The summed E-state index contributed by atoms with van der Waals surface area (Å²) >= 11 is 0. The van der Waals surface area contributed by atoms with Crippen LogP contribution in [0.25, 0.3) is 11.2 Å². The molecule has 2 aromatic heterocycles. The Kier molecular flexibility index (Phi) is 12.2. The number of anilines is 1. The zero-order valence-corrected chi connectivity index (χ0v) is 25.5. The Morgan fingerprint density at radius 2 is 1.91 bits per heavy atom. The summed E-state index contributed by atoms with van der Waals surface area (Å²) in [5.74, 6) is 1.25. The number of benzene rings is 1. The number of aromatic amines is 1. The van der Waals surface area contributed by atoms with Crippen molar-refractivity contribution in [2.24, 2.45) is 5.92 Å². The number of H-pyrrole nitrogens is 1. The van der Waals surface area contributed by atoms with Gasteiger partial charge in [-0.1, -0.05) is 12.1 Å². The molecular weight excluding hydrogens is 554 g/mol. The number of nitrogen functional groups attached to an aromatic ring is 1. The number of methoxy groups -OCH3 is 2. The van der Waals surface area contributed by atoms with Crippen LogP contribution in [0.3, 0.4) is 0 Å². The van der Waals surface area contributed by atoms with E-state index in [2.05, 4.69) is 31.8 Å². The number of nitrogens with zero attached hydrogens (tertiary/aromatic N) is 5. The van der Waals surface area contributed by atoms with E-state index >= 15 is 0 Å². The number of piperidine rings is 1. The van der Waals surface area contributed by atoms with Crippen LogP contribution in [0.5, 0.6) is 11.8 Å². The maximum atomic E-state index is 12.6. The number of hydrogen-bond donors (Lipinski definition) is 2. The standard InChI is InChI=1S/C30H45N7O6/c1-35(16-17-42-24-7-4-6-23(20-24)21-25(38)41-3)11-5-12-36-13-8-22(9-14-36)10-15-37-28-26(32-30(37)39)27(31)33-29(34-28)43-19-18-40-2/h4,6-7,20,22H,5,8-19,21H2,1-3H3,(H,32,39)(H2,31,33,34). The number of likely N-dealkylation sites (tertiary alicyclic amines) is 1. The van der Waals surface area contributed by atoms with Crippen molar-refractivity contribution in [3.63, 3.8) is 0 Å². The number of likely N-dealkylation sites (N-methyl/N-ethyl adjacent to an activating group) is 1. The van der Waals surface area contributed by atoms with Gasteiger partial charge in [0, 0.05) is 20.2 Å². The normalized spacial score (nSPS) is 14.4. The van der Waals surface area contributed by atoms with Crippen LogP contribution in [0.2, 0.25) is 0 Å². The van der Waals surface area contributed by atoms with E-state index in [-0.39, 0.29) is 29.9 Å². The molecular formula is C30H45N7O6. The summed E-state index contributed by atoms with van der Waals surface area (Å²) in [7, 11) is 5.10. The van der Waals surface area contributed by atoms with Gasteiger partial charge < -0.3 is 39.5 Å². The lowest BCUT2D eigenvalue weighted by Crippen LogP contribution is -2.36. The predicted molar refractivity (Wildman–Crippen MR) is 163 cm³/mol. The topological polar surface area (TPSA) is 150 Å². The first-order valence-corrected chi connectivity index (χ1v) is 14.9. The van der Waals surface area contributed by atoms with Gasteiger partial charge in [-0.25, -0.2) is 4.79 Å². The van der Waals surface area contributed by atoms with Crippen molar-refractivity contribution in [1.29, 1.82) is 0 Å². The van der Waals surface area contributed by atoms with Crippen LogP contribution in [0.4, 0.5) is 5.82 Å². The number of carbonyl (C=O) groups excluding carboxylic acids is 1. The molecule has 13 heteroatoms. The number of nitrogens with one attached hydrogen (secondary N) is 1. The van der Waals surface area contributed by atoms with Gasteiger partial charge in [-0.05, 0) is 82.5 Å². The average molecular weight is 600 g/mol. The zero-order valence-electron chi connectivity index (χ0n) is 25.5. The highest BCUT2D eigenvalue weighted by Crippen LogP contribution is 2.23. The summed E-state index contributed by atoms with van der Waals surface area (Å²) in [4.78, 5) is 40.3. The monoisotopic (exact) mass is 599 g/mol. The van der Waals surface area contributed by atoms with E-state index in [0.29, 0.717) is 43.4 Å². The number of nitrogens with two attached hydrogens (primary N) is 1. The van der Waals surface area contributed by atoms with Crippen molar-refractivity contribution < 1.29 is 23.7 Å². The second-order valence-corrected chi connectivity index (χ2v) is 11.0. The summed E-state index contributed by atoms with van der Waals surface area (Å²) in [6, 6.07) is 7.73. The molecule has 0 unspecified atom stereocenters. The van der Waals surface area contributed by atoms with Gasteiger partial charge >= 0.3 is 17.7 Å². The molecule has 43 heavy (non-hydrogen) atoms. The first kappa shape index (κ1) is 32.2. The van der Waals surface area contributed by atoms with Gasteiger partial charge in [-0.2, -0.15) is 9.97 Å². The lowest BCUT2D eigenvalue weighted by atomic mass is 9.93. The fraction of sp³-hybridized carbons (Fsp3) is 0.600. The Morgan fingerprint density at radius 1 is 1.09 bits per heavy atom. The third-order valence-corrected chi connectivity index (χ3v) is 7.85. The van der Waals surface area contributed by atoms with Gasteiger partial charge in [-0.15, -0.1) is 0 Å². The number of aryl methyl sites for hydroxylation is 1. The van der Waals surface area contributed by atoms with Crippen LogP contribution in [0, 0.1) is 5.92 Å². The van der Waals surface area contributed by atoms with E-state index in [4.69, 9.17) is 24.7 Å². The molecule has 0 bridgehead atoms. The minimum Gasteiger partial charge on any atom is -0.492 e. The summed E-state index contributed by atoms with van der Waals surface area (Å²) in [5, 5.41) is 0. The molecule has 1 saturated heterocycles. The maximum absolute atomic E-state index is 12.6. The average Bonchev–Trinajstić information content (AvgIpc) is 3.32. The van der Waals surface area contributed by atoms with Crippen LogP contribution in [0.1, 0.15) is 31.2 Å². The lowest BCUT2D eigenvalue weighted by molar-refractivity contribution is -0.139. The highest BCUT2D eigenvalue weighted by atomic mass is 16.5. The number of hydrogen-bond acceptors (Lipinski definition) is 11. The lowest BCUT2D eigenvalue weighted by Gasteiger charge is -2.32. The van der Waals surface area contributed by atoms with E-state index in [1.54, 1.807) is 11.7 Å². The summed E-state index contributed by atoms with van der Waals surface area (Å²) in [6.07, 6.45) is 4.46. The molecule has 1 fully saturated rings. The molecule has 4 rings (SSSR count). The van der Waals surface area contributed by atoms with Crippen molar-refractivity contribution >= 4 is 23.0 Å². The fourth-order valence-electron chi connectivity index (χ4n) is 5.31. The third-order valence-electron chi connectivity index (χ3n) is 7.85. The number of imidazole rings is 1. The Balaban J connectivity index is 1.13. The quantitative estimate of drug-likeness (QED) is 0.173. The van der Waals surface area contributed by atoms with Gasteiger partial charge in [0.1, 0.15) is 24.5 Å². The second kappa shape index (κ2) is 16.2. The number of esters is 1. The molecule has 3 N–H and O–H groups in total. The molecule has 236 valence electrons. The van der Waals surface area contributed by atoms with Crippen LogP contribution >= 0.6 is 0 Å². The Labute approximate surface area is 252 Å². The van der Waals surface area contributed by atoms with Gasteiger partial charge in [0.2, 0.25) is 0 Å². The first-order chi connectivity index (χ1) is 20.9. The smallest absolute Gasteiger partial charge is 0.327 e. The number of ether oxygens (including phenoxy) is 4. The van der Waals surface area contributed by atoms with Crippen molar-refractivity contribution in [3.05, 3.63) is 40.3 Å². The van der Waals surface area contributed by atoms with E-state index in [9.17, 15) is 9.59 Å². The summed E-state index contributed by atoms with van der Waals surface area (Å²) in [5.41, 5.74) is 7.62. The molecule has 13 nitrogen and oxygen atoms in total. The second-order valence-electron chi connectivity index (χ2n) is 11.0. The molecule has 0 amide bonds. The van der Waals surface area contributed by atoms with Gasteiger partial charge in [0.25, 0.3) is 0 Å². The number of carbonyl (C=O) groups is 1. The van der Waals surface area contributed by atoms with Crippen LogP contribution < -0.4 is 20.9 Å². The van der Waals surface area contributed by atoms with Crippen LogP contribution in [0.15, 0.2) is 29.1 Å². The van der Waals surface area contributed by atoms with E-state index in [1.807, 2.05) is 24.3 Å². The van der Waals surface area contributed by atoms with Crippen LogP contribution in [-0.2, 0) is 27.2 Å². The van der Waals surface area contributed by atoms with Crippen molar-refractivity contribution in [3.8, 4) is 11.8 Å². The SMILES string of the molecule is COCCOc1nc(N)c2[nH]c(=O)n(CCC3CCN(CCCN(C)CCOc4cccc(CC(=O)OC)c4)CC3)c2n1. The molecule has 1 aliphatic heterocycles. The molecule has 1 aromatic carbocycles. The molecule has 0 aliphatic carbocycles. The predicted octanol–water partition coefficient (Wildman–Crippen LogP) is 1.95. The summed E-state index contributed by atoms with van der Waals surface area (Å²) < 4.78 is 22.8. The molecule has 1 aliphatic rings. The molecule has 3 aromatic rings. The van der Waals surface area contributed by atoms with Crippen LogP contribution in [-0.4, -0.2) is 109 Å². The molecule has 3 heterocycles. The molecule has 0 atom stereocenters. The number of aromatic nitrogens is 4. The van der Waals surface area contributed by atoms with E-state index in [1.165, 1.54) is 7.11 Å². The first-order valence-electron chi connectivity index (χ1n) is 14.9. The Morgan fingerprint density at radius 3 is 2.67 bits per heavy atom. The highest BCUT2D eigenvalue weighted by molar-refractivity contribution is 5.81. The van der Waals surface area contributed by atoms with Crippen molar-refractivity contribution in [1.82, 2.24) is 29.3 Å². The van der Waals surface area contributed by atoms with Gasteiger partial charge in [0.15, 0.2) is 11.5 Å². The molecule has 0 spiro atoms. The third kappa shape index (κ3) is 9.66. The minimum absolute atomic E-state index is 0.142. The highest BCUT2D eigenvalue weighted by Gasteiger charge is 2.21. The molecule has 0 saturated carbocycles. The molecule has 0 radical (unpaired) electrons. The van der Waals surface area contributed by atoms with Gasteiger partial charge in [0.05, 0.1) is 20.1 Å². The van der Waals surface area contributed by atoms with E-state index < -0.39 is 0 Å². The van der Waals surface area contributed by atoms with Gasteiger partial charge in [-0.3, -0.25) is 9.36 Å². The largest absolute Gasteiger partial charge is 0.492 e. The Bertz CT molecular complexity index is 1370. The van der Waals surface area contributed by atoms with Crippen molar-refractivity contribution in [2.45, 2.75) is 38.6 Å². The van der Waals surface area contributed by atoms with Crippen molar-refractivity contribution in [2.75, 3.05) is 79.5 Å². The number of rotatable bonds is 17. The summed E-state index contributed by atoms with van der Waals surface area (Å²) in [6.45, 7) is 6.88. The minimum atomic E-state index is -0.260.